The molecular weight excluding hydrogens is 198 g/mol. The third-order valence-corrected chi connectivity index (χ3v) is 3.62. The molecule has 0 aliphatic rings. The molecule has 0 heterocycles. The average Bonchev–Trinajstić information content (AvgIpc) is 2.26. The summed E-state index contributed by atoms with van der Waals surface area (Å²) in [6.45, 7) is 4.78. The molecule has 1 nitrogen and oxygen atoms in total. The minimum Gasteiger partial charge on any atom is -0.317 e. The average molecular weight is 229 g/mol. The lowest BCUT2D eigenvalue weighted by molar-refractivity contribution is 0.554. The summed E-state index contributed by atoms with van der Waals surface area (Å²) in [5.41, 5.74) is 0. The smallest absolute Gasteiger partial charge is 0.00286 e. The van der Waals surface area contributed by atoms with Crippen LogP contribution in [0.5, 0.6) is 0 Å². The Morgan fingerprint density at radius 3 is 1.87 bits per heavy atom. The Kier molecular flexibility index (Phi) is 14.3. The minimum absolute atomic E-state index is 1.25. The van der Waals surface area contributed by atoms with Crippen LogP contribution in [0.15, 0.2) is 0 Å². The second kappa shape index (κ2) is 14.2. The Balaban J connectivity index is 2.81. The normalized spacial score (nSPS) is 11.0. The van der Waals surface area contributed by atoms with Gasteiger partial charge in [-0.25, -0.2) is 0 Å². The van der Waals surface area contributed by atoms with Crippen molar-refractivity contribution in [2.45, 2.75) is 70.8 Å². The highest BCUT2D eigenvalue weighted by Crippen LogP contribution is 2.07. The Morgan fingerprint density at radius 1 is 0.733 bits per heavy atom. The first kappa shape index (κ1) is 15.2. The lowest BCUT2D eigenvalue weighted by Crippen LogP contribution is -2.16. The standard InChI is InChI=1S/C13H31NSi/c1-2-3-4-5-6-7-8-9-11-14-12-10-13-15/h14H,2-13H2,1,15H3. The largest absolute Gasteiger partial charge is 0.317 e. The molecule has 0 bridgehead atoms. The summed E-state index contributed by atoms with van der Waals surface area (Å²) in [6, 6.07) is 1.45. The maximum Gasteiger partial charge on any atom is 0.00286 e. The van der Waals surface area contributed by atoms with Gasteiger partial charge in [0.1, 0.15) is 0 Å². The van der Waals surface area contributed by atoms with E-state index in [-0.39, 0.29) is 0 Å². The molecule has 0 aromatic carbocycles. The van der Waals surface area contributed by atoms with E-state index in [9.17, 15) is 0 Å². The molecule has 0 unspecified atom stereocenters. The second-order valence-electron chi connectivity index (χ2n) is 4.58. The van der Waals surface area contributed by atoms with Crippen molar-refractivity contribution in [1.29, 1.82) is 0 Å². The van der Waals surface area contributed by atoms with E-state index >= 15 is 0 Å². The fourth-order valence-electron chi connectivity index (χ4n) is 1.81. The molecule has 92 valence electrons. The third-order valence-electron chi connectivity index (χ3n) is 2.91. The molecule has 1 N–H and O–H groups in total. The van der Waals surface area contributed by atoms with Crippen LogP contribution in [0, 0.1) is 0 Å². The first-order valence-corrected chi connectivity index (χ1v) is 8.54. The monoisotopic (exact) mass is 229 g/mol. The minimum atomic E-state index is 1.25. The van der Waals surface area contributed by atoms with Crippen LogP contribution in [-0.4, -0.2) is 23.3 Å². The number of nitrogens with one attached hydrogen (secondary N) is 1. The summed E-state index contributed by atoms with van der Waals surface area (Å²) in [4.78, 5) is 0. The van der Waals surface area contributed by atoms with Crippen molar-refractivity contribution in [2.24, 2.45) is 0 Å². The Hall–Kier alpha value is 0.177. The van der Waals surface area contributed by atoms with Crippen LogP contribution in [0.25, 0.3) is 0 Å². The van der Waals surface area contributed by atoms with Crippen LogP contribution in [0.3, 0.4) is 0 Å². The van der Waals surface area contributed by atoms with E-state index in [1.165, 1.54) is 87.2 Å². The molecular formula is C13H31NSi. The highest BCUT2D eigenvalue weighted by atomic mass is 28.1. The van der Waals surface area contributed by atoms with E-state index in [4.69, 9.17) is 0 Å². The van der Waals surface area contributed by atoms with E-state index in [1.54, 1.807) is 0 Å². The number of hydrogen-bond donors (Lipinski definition) is 1. The molecule has 0 fully saturated rings. The van der Waals surface area contributed by atoms with Crippen LogP contribution in [0.4, 0.5) is 0 Å². The fraction of sp³-hybridized carbons (Fsp3) is 1.00. The molecule has 0 aliphatic carbocycles. The van der Waals surface area contributed by atoms with Gasteiger partial charge in [-0.3, -0.25) is 0 Å². The molecule has 0 saturated heterocycles. The van der Waals surface area contributed by atoms with E-state index in [2.05, 4.69) is 12.2 Å². The van der Waals surface area contributed by atoms with Gasteiger partial charge in [-0.2, -0.15) is 0 Å². The first-order chi connectivity index (χ1) is 7.41. The summed E-state index contributed by atoms with van der Waals surface area (Å²) < 4.78 is 0. The van der Waals surface area contributed by atoms with E-state index in [0.717, 1.165) is 0 Å². The first-order valence-electron chi connectivity index (χ1n) is 7.12. The van der Waals surface area contributed by atoms with E-state index in [1.807, 2.05) is 0 Å². The van der Waals surface area contributed by atoms with Gasteiger partial charge in [-0.1, -0.05) is 57.9 Å². The van der Waals surface area contributed by atoms with Crippen LogP contribution in [-0.2, 0) is 0 Å². The molecule has 0 saturated carbocycles. The molecule has 0 aromatic heterocycles. The van der Waals surface area contributed by atoms with Crippen LogP contribution < -0.4 is 5.32 Å². The lowest BCUT2D eigenvalue weighted by atomic mass is 10.1. The zero-order valence-corrected chi connectivity index (χ0v) is 13.0. The predicted octanol–water partition coefficient (Wildman–Crippen LogP) is 2.89. The maximum absolute atomic E-state index is 3.52. The highest BCUT2D eigenvalue weighted by molar-refractivity contribution is 6.08. The molecule has 2 heteroatoms. The Labute approximate surface area is 99.8 Å². The number of rotatable bonds is 12. The molecule has 15 heavy (non-hydrogen) atoms. The van der Waals surface area contributed by atoms with Crippen molar-refractivity contribution in [3.05, 3.63) is 0 Å². The summed E-state index contributed by atoms with van der Waals surface area (Å²) in [6.07, 6.45) is 12.8. The van der Waals surface area contributed by atoms with Crippen molar-refractivity contribution in [3.63, 3.8) is 0 Å². The third kappa shape index (κ3) is 14.2. The lowest BCUT2D eigenvalue weighted by Gasteiger charge is -2.03. The molecule has 0 radical (unpaired) electrons. The van der Waals surface area contributed by atoms with Gasteiger partial charge in [0.05, 0.1) is 0 Å². The van der Waals surface area contributed by atoms with Crippen molar-refractivity contribution in [2.75, 3.05) is 13.1 Å². The van der Waals surface area contributed by atoms with Crippen molar-refractivity contribution in [1.82, 2.24) is 5.32 Å². The van der Waals surface area contributed by atoms with E-state index in [0.29, 0.717) is 0 Å². The van der Waals surface area contributed by atoms with Gasteiger partial charge in [0.15, 0.2) is 0 Å². The summed E-state index contributed by atoms with van der Waals surface area (Å²) in [5, 5.41) is 3.52. The molecule has 0 aromatic rings. The summed E-state index contributed by atoms with van der Waals surface area (Å²) >= 11 is 0. The van der Waals surface area contributed by atoms with Crippen LogP contribution >= 0.6 is 0 Å². The topological polar surface area (TPSA) is 12.0 Å². The van der Waals surface area contributed by atoms with Crippen molar-refractivity contribution in [3.8, 4) is 0 Å². The van der Waals surface area contributed by atoms with Crippen molar-refractivity contribution < 1.29 is 0 Å². The molecule has 0 amide bonds. The maximum atomic E-state index is 3.52. The Morgan fingerprint density at radius 2 is 1.27 bits per heavy atom. The quantitative estimate of drug-likeness (QED) is 0.401. The van der Waals surface area contributed by atoms with Gasteiger partial charge in [0.2, 0.25) is 0 Å². The zero-order chi connectivity index (χ0) is 11.2. The molecule has 0 aliphatic heterocycles. The zero-order valence-electron chi connectivity index (χ0n) is 11.0. The van der Waals surface area contributed by atoms with E-state index < -0.39 is 0 Å². The van der Waals surface area contributed by atoms with Crippen LogP contribution in [0.2, 0.25) is 6.04 Å². The summed E-state index contributed by atoms with van der Waals surface area (Å²) in [5.74, 6) is 0. The van der Waals surface area contributed by atoms with Gasteiger partial charge < -0.3 is 5.32 Å². The highest BCUT2D eigenvalue weighted by Gasteiger charge is 1.91. The number of unbranched alkanes of at least 4 members (excludes halogenated alkanes) is 7. The molecule has 0 atom stereocenters. The molecule has 0 rings (SSSR count). The van der Waals surface area contributed by atoms with Crippen LogP contribution in [0.1, 0.15) is 64.7 Å². The van der Waals surface area contributed by atoms with Gasteiger partial charge in [-0.05, 0) is 25.9 Å². The fourth-order valence-corrected chi connectivity index (χ4v) is 2.16. The predicted molar refractivity (Wildman–Crippen MR) is 74.8 cm³/mol. The second-order valence-corrected chi connectivity index (χ2v) is 5.58. The van der Waals surface area contributed by atoms with Gasteiger partial charge in [0.25, 0.3) is 0 Å². The van der Waals surface area contributed by atoms with Gasteiger partial charge in [0, 0.05) is 10.2 Å². The van der Waals surface area contributed by atoms with Gasteiger partial charge >= 0.3 is 0 Å². The summed E-state index contributed by atoms with van der Waals surface area (Å²) in [7, 11) is 1.37. The van der Waals surface area contributed by atoms with Crippen molar-refractivity contribution >= 4 is 10.2 Å². The van der Waals surface area contributed by atoms with Gasteiger partial charge in [-0.15, -0.1) is 0 Å². The Bertz CT molecular complexity index is 94.7. The SMILES string of the molecule is CCCCCCCCCCNCCC[SiH3]. The number of hydrogen-bond acceptors (Lipinski definition) is 1. The molecule has 0 spiro atoms.